The van der Waals surface area contributed by atoms with Gasteiger partial charge in [0.05, 0.1) is 11.1 Å². The minimum atomic E-state index is -0.460. The van der Waals surface area contributed by atoms with Gasteiger partial charge in [-0.05, 0) is 0 Å². The largest absolute Gasteiger partial charge is 0.411 e. The molecule has 6 heteroatoms. The van der Waals surface area contributed by atoms with Gasteiger partial charge in [-0.1, -0.05) is 17.3 Å². The molecule has 0 aliphatic heterocycles. The number of fused-ring (bicyclic) bond motifs is 1. The third kappa shape index (κ3) is 1.41. The summed E-state index contributed by atoms with van der Waals surface area (Å²) in [5, 5.41) is 22.6. The summed E-state index contributed by atoms with van der Waals surface area (Å²) in [5.41, 5.74) is 1.04. The lowest BCUT2D eigenvalue weighted by molar-refractivity contribution is -0.383. The maximum absolute atomic E-state index is 10.7. The maximum Gasteiger partial charge on any atom is 0.293 e. The van der Waals surface area contributed by atoms with Crippen molar-refractivity contribution in [2.24, 2.45) is 5.16 Å². The molecule has 0 amide bonds. The smallest absolute Gasteiger partial charge is 0.293 e. The molecule has 0 saturated carbocycles. The number of nitro benzene ring substituents is 1. The zero-order valence-electron chi connectivity index (χ0n) is 7.54. The molecular weight excluding hydrogens is 198 g/mol. The Morgan fingerprint density at radius 3 is 3.00 bits per heavy atom. The quantitative estimate of drug-likeness (QED) is 0.339. The number of benzene rings is 1. The first-order valence-corrected chi connectivity index (χ1v) is 4.16. The van der Waals surface area contributed by atoms with E-state index < -0.39 is 4.92 Å². The van der Waals surface area contributed by atoms with E-state index in [-0.39, 0.29) is 5.69 Å². The molecule has 1 aromatic heterocycles. The topological polar surface area (TPSA) is 91.5 Å². The van der Waals surface area contributed by atoms with Gasteiger partial charge in [-0.15, -0.1) is 0 Å². The van der Waals surface area contributed by atoms with E-state index in [2.05, 4.69) is 10.1 Å². The predicted octanol–water partition coefficient (Wildman–Crippen LogP) is 1.88. The number of oxime groups is 1. The summed E-state index contributed by atoms with van der Waals surface area (Å²) in [5.74, 6) is 0. The van der Waals surface area contributed by atoms with E-state index in [1.54, 1.807) is 18.3 Å². The zero-order valence-corrected chi connectivity index (χ0v) is 7.54. The standard InChI is InChI=1S/C9H7N3O3/c13-11-5-6-4-10-9-7(6)2-1-3-8(9)12(14)15/h1-5,10,13H. The molecule has 2 aromatic rings. The van der Waals surface area contributed by atoms with Gasteiger partial charge in [0.15, 0.2) is 0 Å². The van der Waals surface area contributed by atoms with Crippen molar-refractivity contribution < 1.29 is 10.1 Å². The average molecular weight is 205 g/mol. The summed E-state index contributed by atoms with van der Waals surface area (Å²) in [6.07, 6.45) is 2.78. The van der Waals surface area contributed by atoms with E-state index in [9.17, 15) is 10.1 Å². The highest BCUT2D eigenvalue weighted by Crippen LogP contribution is 2.25. The number of hydrogen-bond acceptors (Lipinski definition) is 4. The van der Waals surface area contributed by atoms with E-state index in [1.807, 2.05) is 0 Å². The van der Waals surface area contributed by atoms with Crippen molar-refractivity contribution in [3.05, 3.63) is 40.1 Å². The SMILES string of the molecule is O=[N+]([O-])c1cccc2c(C=NO)c[nH]c12. The van der Waals surface area contributed by atoms with Gasteiger partial charge in [-0.2, -0.15) is 0 Å². The molecule has 15 heavy (non-hydrogen) atoms. The molecule has 1 heterocycles. The molecule has 0 aliphatic rings. The minimum absolute atomic E-state index is 0.00471. The van der Waals surface area contributed by atoms with Crippen LogP contribution in [0, 0.1) is 10.1 Å². The molecule has 0 spiro atoms. The molecule has 0 radical (unpaired) electrons. The van der Waals surface area contributed by atoms with Crippen molar-refractivity contribution in [1.29, 1.82) is 0 Å². The first-order chi connectivity index (χ1) is 7.24. The number of non-ortho nitro benzene ring substituents is 1. The van der Waals surface area contributed by atoms with Gasteiger partial charge in [-0.3, -0.25) is 10.1 Å². The Labute approximate surface area is 84.0 Å². The van der Waals surface area contributed by atoms with Crippen molar-refractivity contribution in [2.45, 2.75) is 0 Å². The summed E-state index contributed by atoms with van der Waals surface area (Å²) < 4.78 is 0. The van der Waals surface area contributed by atoms with E-state index >= 15 is 0 Å². The van der Waals surface area contributed by atoms with Crippen molar-refractivity contribution in [3.63, 3.8) is 0 Å². The average Bonchev–Trinajstić information content (AvgIpc) is 2.62. The number of nitrogens with zero attached hydrogens (tertiary/aromatic N) is 2. The van der Waals surface area contributed by atoms with Crippen LogP contribution in [0.2, 0.25) is 0 Å². The summed E-state index contributed by atoms with van der Waals surface area (Å²) in [7, 11) is 0. The van der Waals surface area contributed by atoms with E-state index in [1.165, 1.54) is 12.3 Å². The van der Waals surface area contributed by atoms with Gasteiger partial charge in [0.25, 0.3) is 5.69 Å². The number of H-pyrrole nitrogens is 1. The van der Waals surface area contributed by atoms with Crippen LogP contribution in [0.1, 0.15) is 5.56 Å². The lowest BCUT2D eigenvalue weighted by Gasteiger charge is -1.93. The Balaban J connectivity index is 2.74. The first-order valence-electron chi connectivity index (χ1n) is 4.16. The molecule has 0 unspecified atom stereocenters. The molecule has 0 bridgehead atoms. The number of para-hydroxylation sites is 1. The van der Waals surface area contributed by atoms with Crippen LogP contribution in [-0.2, 0) is 0 Å². The molecule has 2 rings (SSSR count). The van der Waals surface area contributed by atoms with Crippen LogP contribution < -0.4 is 0 Å². The highest BCUT2D eigenvalue weighted by atomic mass is 16.6. The highest BCUT2D eigenvalue weighted by molar-refractivity contribution is 6.01. The van der Waals surface area contributed by atoms with Crippen LogP contribution >= 0.6 is 0 Å². The van der Waals surface area contributed by atoms with Crippen LogP contribution in [0.15, 0.2) is 29.6 Å². The zero-order chi connectivity index (χ0) is 10.8. The maximum atomic E-state index is 10.7. The number of nitro groups is 1. The molecular formula is C9H7N3O3. The lowest BCUT2D eigenvalue weighted by atomic mass is 10.1. The number of aromatic nitrogens is 1. The number of rotatable bonds is 2. The summed E-state index contributed by atoms with van der Waals surface area (Å²) in [4.78, 5) is 13.0. The Bertz CT molecular complexity index is 545. The van der Waals surface area contributed by atoms with Gasteiger partial charge >= 0.3 is 0 Å². The van der Waals surface area contributed by atoms with Crippen molar-refractivity contribution >= 4 is 22.8 Å². The molecule has 0 fully saturated rings. The van der Waals surface area contributed by atoms with Crippen molar-refractivity contribution in [2.75, 3.05) is 0 Å². The molecule has 0 atom stereocenters. The van der Waals surface area contributed by atoms with Crippen LogP contribution in [0.25, 0.3) is 10.9 Å². The van der Waals surface area contributed by atoms with E-state index in [0.29, 0.717) is 16.5 Å². The fourth-order valence-electron chi connectivity index (χ4n) is 1.48. The van der Waals surface area contributed by atoms with Gasteiger partial charge in [-0.25, -0.2) is 0 Å². The molecule has 0 aliphatic carbocycles. The monoisotopic (exact) mass is 205 g/mol. The molecule has 1 aromatic carbocycles. The third-order valence-electron chi connectivity index (χ3n) is 2.12. The van der Waals surface area contributed by atoms with Crippen molar-refractivity contribution in [3.8, 4) is 0 Å². The third-order valence-corrected chi connectivity index (χ3v) is 2.12. The fraction of sp³-hybridized carbons (Fsp3) is 0. The minimum Gasteiger partial charge on any atom is -0.411 e. The lowest BCUT2D eigenvalue weighted by Crippen LogP contribution is -1.88. The summed E-state index contributed by atoms with van der Waals surface area (Å²) in [6.45, 7) is 0. The predicted molar refractivity (Wildman–Crippen MR) is 54.3 cm³/mol. The van der Waals surface area contributed by atoms with Crippen LogP contribution in [0.5, 0.6) is 0 Å². The summed E-state index contributed by atoms with van der Waals surface area (Å²) in [6, 6.07) is 4.72. The van der Waals surface area contributed by atoms with Crippen LogP contribution in [-0.4, -0.2) is 21.3 Å². The van der Waals surface area contributed by atoms with Gasteiger partial charge in [0, 0.05) is 23.2 Å². The second-order valence-corrected chi connectivity index (χ2v) is 2.95. The van der Waals surface area contributed by atoms with Crippen LogP contribution in [0.3, 0.4) is 0 Å². The van der Waals surface area contributed by atoms with Gasteiger partial charge in [0.1, 0.15) is 5.52 Å². The van der Waals surface area contributed by atoms with E-state index in [0.717, 1.165) is 0 Å². The fourth-order valence-corrected chi connectivity index (χ4v) is 1.48. The molecule has 2 N–H and O–H groups in total. The normalized spacial score (nSPS) is 11.2. The Hall–Kier alpha value is -2.37. The number of hydrogen-bond donors (Lipinski definition) is 2. The Kier molecular flexibility index (Phi) is 2.09. The molecule has 76 valence electrons. The first kappa shape index (κ1) is 9.20. The second-order valence-electron chi connectivity index (χ2n) is 2.95. The number of nitrogens with one attached hydrogen (secondary N) is 1. The number of aromatic amines is 1. The van der Waals surface area contributed by atoms with Gasteiger partial charge in [0.2, 0.25) is 0 Å². The second kappa shape index (κ2) is 3.41. The van der Waals surface area contributed by atoms with Crippen molar-refractivity contribution in [1.82, 2.24) is 4.98 Å². The molecule has 6 nitrogen and oxygen atoms in total. The highest BCUT2D eigenvalue weighted by Gasteiger charge is 2.13. The summed E-state index contributed by atoms with van der Waals surface area (Å²) >= 11 is 0. The van der Waals surface area contributed by atoms with Crippen LogP contribution in [0.4, 0.5) is 5.69 Å². The Morgan fingerprint density at radius 2 is 2.33 bits per heavy atom. The molecule has 0 saturated heterocycles. The van der Waals surface area contributed by atoms with E-state index in [4.69, 9.17) is 5.21 Å². The Morgan fingerprint density at radius 1 is 1.53 bits per heavy atom. The van der Waals surface area contributed by atoms with Gasteiger partial charge < -0.3 is 10.2 Å².